The van der Waals surface area contributed by atoms with E-state index in [1.165, 1.54) is 30.9 Å². The minimum Gasteiger partial charge on any atom is -0.369 e. The summed E-state index contributed by atoms with van der Waals surface area (Å²) in [5.74, 6) is 0.731. The monoisotopic (exact) mass is 487 g/mol. The van der Waals surface area contributed by atoms with Crippen molar-refractivity contribution in [2.45, 2.75) is 30.2 Å². The van der Waals surface area contributed by atoms with Gasteiger partial charge < -0.3 is 15.1 Å². The minimum absolute atomic E-state index is 0.0586. The number of benzene rings is 1. The molecule has 1 saturated heterocycles. The average Bonchev–Trinajstić information content (AvgIpc) is 3.24. The molecule has 178 valence electrons. The lowest BCUT2D eigenvalue weighted by Crippen LogP contribution is -2.39. The Balaban J connectivity index is 1.30. The topological polar surface area (TPSA) is 104 Å². The zero-order valence-electron chi connectivity index (χ0n) is 18.4. The van der Waals surface area contributed by atoms with Crippen LogP contribution in [0, 0.1) is 11.9 Å². The van der Waals surface area contributed by atoms with Gasteiger partial charge in [-0.05, 0) is 37.5 Å². The van der Waals surface area contributed by atoms with Crippen molar-refractivity contribution in [2.24, 2.45) is 0 Å². The third-order valence-corrected chi connectivity index (χ3v) is 7.32. The molecule has 2 aromatic heterocycles. The highest BCUT2D eigenvalue weighted by atomic mass is 32.2. The Morgan fingerprint density at radius 1 is 1.03 bits per heavy atom. The van der Waals surface area contributed by atoms with Crippen molar-refractivity contribution in [1.29, 1.82) is 0 Å². The molecule has 0 saturated carbocycles. The lowest BCUT2D eigenvalue weighted by Gasteiger charge is -2.34. The van der Waals surface area contributed by atoms with Crippen LogP contribution in [-0.4, -0.2) is 60.3 Å². The molecule has 0 atom stereocenters. The van der Waals surface area contributed by atoms with Crippen molar-refractivity contribution in [3.8, 4) is 0 Å². The highest BCUT2D eigenvalue weighted by Crippen LogP contribution is 2.37. The highest BCUT2D eigenvalue weighted by Gasteiger charge is 2.29. The number of fused-ring (bicyclic) bond motifs is 1. The van der Waals surface area contributed by atoms with E-state index in [0.29, 0.717) is 18.8 Å². The summed E-state index contributed by atoms with van der Waals surface area (Å²) in [6, 6.07) is 4.12. The summed E-state index contributed by atoms with van der Waals surface area (Å²) in [6.07, 6.45) is 7.08. The van der Waals surface area contributed by atoms with Gasteiger partial charge in [0.05, 0.1) is 28.7 Å². The molecule has 1 aromatic carbocycles. The number of aromatic nitrogens is 4. The second kappa shape index (κ2) is 8.75. The lowest BCUT2D eigenvalue weighted by molar-refractivity contribution is 0.516. The molecular formula is C22H23F2N7O2S. The fourth-order valence-electron chi connectivity index (χ4n) is 4.44. The average molecular weight is 488 g/mol. The first-order valence-corrected chi connectivity index (χ1v) is 12.8. The maximum Gasteiger partial charge on any atom is 0.308 e. The molecule has 1 fully saturated rings. The van der Waals surface area contributed by atoms with Crippen LogP contribution in [0.5, 0.6) is 0 Å². The number of nitrogens with one attached hydrogen (secondary N) is 1. The van der Waals surface area contributed by atoms with E-state index in [1.54, 1.807) is 4.90 Å². The maximum atomic E-state index is 14.8. The predicted molar refractivity (Wildman–Crippen MR) is 123 cm³/mol. The Hall–Kier alpha value is -3.41. The predicted octanol–water partition coefficient (Wildman–Crippen LogP) is 2.72. The van der Waals surface area contributed by atoms with Gasteiger partial charge in [-0.2, -0.15) is 4.39 Å². The molecule has 0 aliphatic carbocycles. The number of hydrogen-bond acceptors (Lipinski definition) is 9. The van der Waals surface area contributed by atoms with Gasteiger partial charge in [-0.3, -0.25) is 0 Å². The first-order valence-electron chi connectivity index (χ1n) is 10.9. The van der Waals surface area contributed by atoms with Crippen LogP contribution in [0.4, 0.5) is 31.8 Å². The number of anilines is 4. The van der Waals surface area contributed by atoms with Crippen molar-refractivity contribution >= 4 is 32.8 Å². The van der Waals surface area contributed by atoms with Crippen molar-refractivity contribution < 1.29 is 17.2 Å². The molecule has 1 N–H and O–H groups in total. The molecule has 0 unspecified atom stereocenters. The van der Waals surface area contributed by atoms with E-state index in [2.05, 4.69) is 30.2 Å². The molecule has 34 heavy (non-hydrogen) atoms. The third-order valence-electron chi connectivity index (χ3n) is 6.21. The summed E-state index contributed by atoms with van der Waals surface area (Å²) in [7, 11) is -3.49. The maximum absolute atomic E-state index is 14.8. The number of hydrogen-bond donors (Lipinski definition) is 1. The van der Waals surface area contributed by atoms with Gasteiger partial charge >= 0.3 is 6.08 Å². The molecule has 0 amide bonds. The molecular weight excluding hydrogens is 464 g/mol. The Kier molecular flexibility index (Phi) is 5.76. The Bertz CT molecular complexity index is 1310. The summed E-state index contributed by atoms with van der Waals surface area (Å²) in [5, 5.41) is 3.51. The van der Waals surface area contributed by atoms with E-state index in [1.807, 2.05) is 0 Å². The zero-order chi connectivity index (χ0) is 23.9. The normalized spacial score (nSPS) is 16.6. The molecule has 5 rings (SSSR count). The smallest absolute Gasteiger partial charge is 0.308 e. The minimum atomic E-state index is -3.49. The van der Waals surface area contributed by atoms with Gasteiger partial charge in [-0.15, -0.1) is 0 Å². The summed E-state index contributed by atoms with van der Waals surface area (Å²) < 4.78 is 51.2. The lowest BCUT2D eigenvalue weighted by atomic mass is 10.0. The summed E-state index contributed by atoms with van der Waals surface area (Å²) in [5.41, 5.74) is 1.98. The molecule has 9 nitrogen and oxygen atoms in total. The molecule has 4 heterocycles. The third kappa shape index (κ3) is 4.37. The largest absolute Gasteiger partial charge is 0.369 e. The highest BCUT2D eigenvalue weighted by molar-refractivity contribution is 7.90. The van der Waals surface area contributed by atoms with Crippen LogP contribution in [0.3, 0.4) is 0 Å². The quantitative estimate of drug-likeness (QED) is 0.544. The number of rotatable bonds is 5. The second-order valence-electron chi connectivity index (χ2n) is 8.43. The molecule has 0 bridgehead atoms. The number of halogens is 2. The molecule has 0 radical (unpaired) electrons. The first-order chi connectivity index (χ1) is 16.3. The van der Waals surface area contributed by atoms with Crippen LogP contribution < -0.4 is 15.1 Å². The summed E-state index contributed by atoms with van der Waals surface area (Å²) >= 11 is 0. The summed E-state index contributed by atoms with van der Waals surface area (Å²) in [4.78, 5) is 19.9. The van der Waals surface area contributed by atoms with Crippen LogP contribution in [0.25, 0.3) is 0 Å². The van der Waals surface area contributed by atoms with Crippen LogP contribution in [0.2, 0.25) is 0 Å². The van der Waals surface area contributed by atoms with Gasteiger partial charge in [-0.1, -0.05) is 0 Å². The molecule has 3 aromatic rings. The van der Waals surface area contributed by atoms with Crippen molar-refractivity contribution in [3.05, 3.63) is 54.4 Å². The van der Waals surface area contributed by atoms with E-state index in [4.69, 9.17) is 0 Å². The van der Waals surface area contributed by atoms with E-state index in [9.17, 15) is 17.2 Å². The van der Waals surface area contributed by atoms with Crippen molar-refractivity contribution in [3.63, 3.8) is 0 Å². The number of nitrogens with zero attached hydrogens (tertiary/aromatic N) is 6. The van der Waals surface area contributed by atoms with Crippen LogP contribution in [-0.2, 0) is 16.3 Å². The zero-order valence-corrected chi connectivity index (χ0v) is 19.3. The van der Waals surface area contributed by atoms with Gasteiger partial charge in [0.2, 0.25) is 0 Å². The number of sulfone groups is 1. The SMILES string of the molecule is CS(=O)(=O)c1ccc(N2CCc3c(NC4CCN(c5cnc(F)nc5)CC4)ncnc32)c(F)c1. The number of piperidine rings is 1. The van der Waals surface area contributed by atoms with Gasteiger partial charge in [0.15, 0.2) is 9.84 Å². The van der Waals surface area contributed by atoms with E-state index >= 15 is 0 Å². The molecule has 2 aliphatic rings. The van der Waals surface area contributed by atoms with Gasteiger partial charge in [0, 0.05) is 37.5 Å². The van der Waals surface area contributed by atoms with Gasteiger partial charge in [0.25, 0.3) is 0 Å². The molecule has 12 heteroatoms. The molecule has 0 spiro atoms. The van der Waals surface area contributed by atoms with Gasteiger partial charge in [0.1, 0.15) is 23.8 Å². The van der Waals surface area contributed by atoms with E-state index in [-0.39, 0.29) is 16.6 Å². The fourth-order valence-corrected chi connectivity index (χ4v) is 5.07. The van der Waals surface area contributed by atoms with Crippen molar-refractivity contribution in [1.82, 2.24) is 19.9 Å². The standard InChI is InChI=1S/C22H23F2N7O2S/c1-34(32,33)16-2-3-19(18(23)10-16)31-9-6-17-20(27-13-28-21(17)31)29-14-4-7-30(8-5-14)15-11-25-22(24)26-12-15/h2-3,10-14H,4-9H2,1H3,(H,27,28,29). The van der Waals surface area contributed by atoms with E-state index in [0.717, 1.165) is 55.3 Å². The fraction of sp³-hybridized carbons (Fsp3) is 0.364. The van der Waals surface area contributed by atoms with Crippen LogP contribution in [0.15, 0.2) is 41.8 Å². The van der Waals surface area contributed by atoms with Crippen molar-refractivity contribution in [2.75, 3.05) is 41.0 Å². The molecule has 2 aliphatic heterocycles. The Morgan fingerprint density at radius 3 is 2.44 bits per heavy atom. The van der Waals surface area contributed by atoms with Crippen LogP contribution in [0.1, 0.15) is 18.4 Å². The second-order valence-corrected chi connectivity index (χ2v) is 10.4. The summed E-state index contributed by atoms with van der Waals surface area (Å²) in [6.45, 7) is 2.05. The Labute approximate surface area is 195 Å². The first kappa shape index (κ1) is 22.4. The van der Waals surface area contributed by atoms with Gasteiger partial charge in [-0.25, -0.2) is 32.7 Å². The van der Waals surface area contributed by atoms with E-state index < -0.39 is 21.7 Å². The Morgan fingerprint density at radius 2 is 1.76 bits per heavy atom. The van der Waals surface area contributed by atoms with Crippen LogP contribution >= 0.6 is 0 Å².